The van der Waals surface area contributed by atoms with Gasteiger partial charge in [-0.05, 0) is 6.92 Å². The van der Waals surface area contributed by atoms with Crippen LogP contribution in [0.2, 0.25) is 5.02 Å². The minimum atomic E-state index is 0.308. The van der Waals surface area contributed by atoms with Crippen LogP contribution in [0.5, 0.6) is 6.01 Å². The lowest BCUT2D eigenvalue weighted by Crippen LogP contribution is -2.26. The molecule has 1 aromatic heterocycles. The fourth-order valence-electron chi connectivity index (χ4n) is 1.18. The minimum absolute atomic E-state index is 0.308. The molecule has 4 nitrogen and oxygen atoms in total. The van der Waals surface area contributed by atoms with Gasteiger partial charge in [-0.1, -0.05) is 11.6 Å². The lowest BCUT2D eigenvalue weighted by molar-refractivity contribution is 0.380. The van der Waals surface area contributed by atoms with Crippen molar-refractivity contribution in [3.8, 4) is 6.01 Å². The summed E-state index contributed by atoms with van der Waals surface area (Å²) in [5.41, 5.74) is 0. The van der Waals surface area contributed by atoms with E-state index < -0.39 is 0 Å². The zero-order valence-electron chi connectivity index (χ0n) is 8.70. The molecule has 0 aromatic carbocycles. The van der Waals surface area contributed by atoms with E-state index >= 15 is 0 Å². The van der Waals surface area contributed by atoms with Gasteiger partial charge >= 0.3 is 6.01 Å². The number of rotatable bonds is 5. The third-order valence-corrected chi connectivity index (χ3v) is 2.36. The Balaban J connectivity index is 2.98. The van der Waals surface area contributed by atoms with Gasteiger partial charge < -0.3 is 9.64 Å². The normalized spacial score (nSPS) is 10.1. The first-order chi connectivity index (χ1) is 7.22. The predicted molar refractivity (Wildman–Crippen MR) is 62.2 cm³/mol. The quantitative estimate of drug-likeness (QED) is 0.751. The summed E-state index contributed by atoms with van der Waals surface area (Å²) >= 11 is 11.7. The van der Waals surface area contributed by atoms with Crippen LogP contribution in [0.25, 0.3) is 0 Å². The highest BCUT2D eigenvalue weighted by atomic mass is 35.5. The molecule has 1 rings (SSSR count). The van der Waals surface area contributed by atoms with E-state index in [1.807, 2.05) is 11.8 Å². The van der Waals surface area contributed by atoms with E-state index in [2.05, 4.69) is 9.97 Å². The molecule has 1 heterocycles. The smallest absolute Gasteiger partial charge is 0.318 e. The van der Waals surface area contributed by atoms with Crippen molar-refractivity contribution in [2.24, 2.45) is 0 Å². The maximum absolute atomic E-state index is 6.00. The zero-order chi connectivity index (χ0) is 11.3. The Morgan fingerprint density at radius 1 is 1.53 bits per heavy atom. The maximum Gasteiger partial charge on any atom is 0.318 e. The van der Waals surface area contributed by atoms with Crippen LogP contribution < -0.4 is 9.64 Å². The summed E-state index contributed by atoms with van der Waals surface area (Å²) in [7, 11) is 1.52. The molecular weight excluding hydrogens is 237 g/mol. The Morgan fingerprint density at radius 2 is 2.27 bits per heavy atom. The highest BCUT2D eigenvalue weighted by Crippen LogP contribution is 2.24. The minimum Gasteiger partial charge on any atom is -0.467 e. The molecule has 0 amide bonds. The first-order valence-corrected chi connectivity index (χ1v) is 5.51. The Hall–Kier alpha value is -0.740. The van der Waals surface area contributed by atoms with E-state index in [1.54, 1.807) is 0 Å². The molecule has 6 heteroatoms. The Bertz CT molecular complexity index is 322. The Labute approximate surface area is 99.2 Å². The molecule has 0 spiro atoms. The van der Waals surface area contributed by atoms with Crippen LogP contribution in [-0.4, -0.2) is 36.0 Å². The van der Waals surface area contributed by atoms with Gasteiger partial charge in [-0.2, -0.15) is 4.98 Å². The molecule has 0 fully saturated rings. The van der Waals surface area contributed by atoms with Gasteiger partial charge in [0.1, 0.15) is 5.02 Å². The first-order valence-electron chi connectivity index (χ1n) is 4.60. The fourth-order valence-corrected chi connectivity index (χ4v) is 1.59. The van der Waals surface area contributed by atoms with Crippen molar-refractivity contribution in [1.82, 2.24) is 9.97 Å². The summed E-state index contributed by atoms with van der Waals surface area (Å²) < 4.78 is 4.94. The lowest BCUT2D eigenvalue weighted by atomic mass is 10.4. The summed E-state index contributed by atoms with van der Waals surface area (Å²) in [4.78, 5) is 10.1. The van der Waals surface area contributed by atoms with E-state index in [0.717, 1.165) is 6.54 Å². The second-order valence-corrected chi connectivity index (χ2v) is 3.58. The molecule has 0 atom stereocenters. The third kappa shape index (κ3) is 3.11. The van der Waals surface area contributed by atoms with Gasteiger partial charge in [0, 0.05) is 19.0 Å². The van der Waals surface area contributed by atoms with Crippen molar-refractivity contribution in [3.63, 3.8) is 0 Å². The van der Waals surface area contributed by atoms with E-state index in [9.17, 15) is 0 Å². The largest absolute Gasteiger partial charge is 0.467 e. The molecule has 84 valence electrons. The van der Waals surface area contributed by atoms with Gasteiger partial charge in [0.05, 0.1) is 13.3 Å². The number of halogens is 2. The summed E-state index contributed by atoms with van der Waals surface area (Å²) in [5.74, 6) is 1.18. The predicted octanol–water partition coefficient (Wildman–Crippen LogP) is 2.20. The number of nitrogens with zero attached hydrogens (tertiary/aromatic N) is 3. The molecule has 0 aliphatic heterocycles. The van der Waals surface area contributed by atoms with Gasteiger partial charge in [-0.3, -0.25) is 0 Å². The molecular formula is C9H13Cl2N3O. The SMILES string of the molecule is CCN(CCCl)c1nc(OC)ncc1Cl. The Morgan fingerprint density at radius 3 is 2.80 bits per heavy atom. The van der Waals surface area contributed by atoms with Gasteiger partial charge in [0.2, 0.25) is 0 Å². The average molecular weight is 250 g/mol. The molecule has 0 bridgehead atoms. The molecule has 1 aromatic rings. The van der Waals surface area contributed by atoms with Gasteiger partial charge in [-0.15, -0.1) is 11.6 Å². The van der Waals surface area contributed by atoms with Crippen molar-refractivity contribution < 1.29 is 4.74 Å². The lowest BCUT2D eigenvalue weighted by Gasteiger charge is -2.21. The van der Waals surface area contributed by atoms with Gasteiger partial charge in [0.25, 0.3) is 0 Å². The van der Waals surface area contributed by atoms with Crippen molar-refractivity contribution in [1.29, 1.82) is 0 Å². The van der Waals surface area contributed by atoms with E-state index in [0.29, 0.717) is 29.3 Å². The maximum atomic E-state index is 6.00. The second-order valence-electron chi connectivity index (χ2n) is 2.80. The number of hydrogen-bond donors (Lipinski definition) is 0. The highest BCUT2D eigenvalue weighted by Gasteiger charge is 2.11. The number of alkyl halides is 1. The number of ether oxygens (including phenoxy) is 1. The number of hydrogen-bond acceptors (Lipinski definition) is 4. The summed E-state index contributed by atoms with van der Waals surface area (Å²) in [6.07, 6.45) is 1.53. The summed E-state index contributed by atoms with van der Waals surface area (Å²) in [6, 6.07) is 0.308. The van der Waals surface area contributed by atoms with Crippen molar-refractivity contribution in [2.75, 3.05) is 31.0 Å². The van der Waals surface area contributed by atoms with E-state index in [4.69, 9.17) is 27.9 Å². The molecule has 15 heavy (non-hydrogen) atoms. The molecule has 0 saturated heterocycles. The van der Waals surface area contributed by atoms with E-state index in [-0.39, 0.29) is 0 Å². The fraction of sp³-hybridized carbons (Fsp3) is 0.556. The summed E-state index contributed by atoms with van der Waals surface area (Å²) in [5, 5.41) is 0.503. The monoisotopic (exact) mass is 249 g/mol. The second kappa shape index (κ2) is 5.98. The molecule has 0 aliphatic rings. The summed E-state index contributed by atoms with van der Waals surface area (Å²) in [6.45, 7) is 3.49. The number of aromatic nitrogens is 2. The molecule has 0 aliphatic carbocycles. The van der Waals surface area contributed by atoms with Crippen LogP contribution >= 0.6 is 23.2 Å². The van der Waals surface area contributed by atoms with Gasteiger partial charge in [-0.25, -0.2) is 4.98 Å². The van der Waals surface area contributed by atoms with Crippen molar-refractivity contribution in [3.05, 3.63) is 11.2 Å². The average Bonchev–Trinajstić information content (AvgIpc) is 2.27. The molecule has 0 saturated carbocycles. The number of methoxy groups -OCH3 is 1. The molecule has 0 N–H and O–H groups in total. The van der Waals surface area contributed by atoms with E-state index in [1.165, 1.54) is 13.3 Å². The van der Waals surface area contributed by atoms with Crippen molar-refractivity contribution >= 4 is 29.0 Å². The number of anilines is 1. The van der Waals surface area contributed by atoms with Crippen LogP contribution in [-0.2, 0) is 0 Å². The van der Waals surface area contributed by atoms with Crippen LogP contribution in [0.3, 0.4) is 0 Å². The van der Waals surface area contributed by atoms with Crippen LogP contribution in [0.15, 0.2) is 6.20 Å². The standard InChI is InChI=1S/C9H13Cl2N3O/c1-3-14(5-4-10)8-7(11)6-12-9(13-8)15-2/h6H,3-5H2,1-2H3. The van der Waals surface area contributed by atoms with Crippen LogP contribution in [0.4, 0.5) is 5.82 Å². The molecule has 0 radical (unpaired) electrons. The Kier molecular flexibility index (Phi) is 4.91. The van der Waals surface area contributed by atoms with Gasteiger partial charge in [0.15, 0.2) is 5.82 Å². The topological polar surface area (TPSA) is 38.2 Å². The highest BCUT2D eigenvalue weighted by molar-refractivity contribution is 6.32. The van der Waals surface area contributed by atoms with Crippen LogP contribution in [0, 0.1) is 0 Å². The first kappa shape index (κ1) is 12.3. The zero-order valence-corrected chi connectivity index (χ0v) is 10.2. The molecule has 0 unspecified atom stereocenters. The third-order valence-electron chi connectivity index (χ3n) is 1.92. The van der Waals surface area contributed by atoms with Crippen LogP contribution in [0.1, 0.15) is 6.92 Å². The van der Waals surface area contributed by atoms with Crippen molar-refractivity contribution in [2.45, 2.75) is 6.92 Å².